The Morgan fingerprint density at radius 2 is 0.745 bits per heavy atom. The molecule has 55 heavy (non-hydrogen) atoms. The predicted molar refractivity (Wildman–Crippen MR) is 244 cm³/mol. The summed E-state index contributed by atoms with van der Waals surface area (Å²) in [4.78, 5) is 12.4. The number of aliphatic hydroxyl groups is 2. The van der Waals surface area contributed by atoms with Gasteiger partial charge >= 0.3 is 0 Å². The van der Waals surface area contributed by atoms with Crippen molar-refractivity contribution < 1.29 is 15.0 Å². The van der Waals surface area contributed by atoms with Crippen LogP contribution in [0.25, 0.3) is 0 Å². The third-order valence-electron chi connectivity index (χ3n) is 11.4. The molecule has 0 radical (unpaired) electrons. The number of allylic oxidation sites excluding steroid dienone is 5. The Bertz CT molecular complexity index is 836. The largest absolute Gasteiger partial charge is 0.394 e. The fraction of sp³-hybridized carbons (Fsp3) is 0.863. The van der Waals surface area contributed by atoms with Crippen molar-refractivity contribution in [3.63, 3.8) is 0 Å². The molecule has 324 valence electrons. The van der Waals surface area contributed by atoms with E-state index in [1.165, 1.54) is 212 Å². The minimum atomic E-state index is -0.841. The standard InChI is InChI=1S/C51H97NO3/c1-3-5-7-9-11-13-15-17-19-21-23-25-27-28-30-32-34-36-38-40-42-44-46-50(54)49(48-53)52-51(55)47-45-43-41-39-37-35-33-31-29-26-24-22-20-18-16-14-12-10-8-6-4-2/h16,18,22,24,44,46,49-50,53-54H,3-15,17,19-21,23,25-43,45,47-48H2,1-2H3,(H,52,55)/b18-16-,24-22-,46-44+. The highest BCUT2D eigenvalue weighted by Crippen LogP contribution is 2.16. The van der Waals surface area contributed by atoms with E-state index in [0.29, 0.717) is 6.42 Å². The fourth-order valence-electron chi connectivity index (χ4n) is 7.56. The second kappa shape index (κ2) is 47.0. The van der Waals surface area contributed by atoms with Crippen molar-refractivity contribution in [3.8, 4) is 0 Å². The normalized spacial score (nSPS) is 13.2. The lowest BCUT2D eigenvalue weighted by atomic mass is 10.0. The summed E-state index contributed by atoms with van der Waals surface area (Å²) < 4.78 is 0. The highest BCUT2D eigenvalue weighted by molar-refractivity contribution is 5.76. The first-order chi connectivity index (χ1) is 27.2. The van der Waals surface area contributed by atoms with Crippen molar-refractivity contribution in [3.05, 3.63) is 36.5 Å². The number of rotatable bonds is 45. The second-order valence-corrected chi connectivity index (χ2v) is 16.9. The van der Waals surface area contributed by atoms with Gasteiger partial charge in [-0.15, -0.1) is 0 Å². The molecule has 0 saturated heterocycles. The van der Waals surface area contributed by atoms with Crippen LogP contribution in [-0.4, -0.2) is 34.9 Å². The molecule has 0 aromatic rings. The van der Waals surface area contributed by atoms with Crippen molar-refractivity contribution >= 4 is 5.91 Å². The Balaban J connectivity index is 3.54. The molecule has 0 spiro atoms. The first kappa shape index (κ1) is 53.6. The Labute approximate surface area is 344 Å². The van der Waals surface area contributed by atoms with E-state index in [9.17, 15) is 15.0 Å². The molecule has 2 atom stereocenters. The van der Waals surface area contributed by atoms with Crippen LogP contribution < -0.4 is 5.32 Å². The number of nitrogens with one attached hydrogen (secondary N) is 1. The fourth-order valence-corrected chi connectivity index (χ4v) is 7.56. The molecule has 3 N–H and O–H groups in total. The van der Waals surface area contributed by atoms with Crippen LogP contribution in [0.15, 0.2) is 36.5 Å². The Morgan fingerprint density at radius 1 is 0.436 bits per heavy atom. The molecule has 1 amide bonds. The van der Waals surface area contributed by atoms with E-state index in [2.05, 4.69) is 43.5 Å². The van der Waals surface area contributed by atoms with Crippen LogP contribution in [0.1, 0.15) is 264 Å². The van der Waals surface area contributed by atoms with Gasteiger partial charge in [-0.3, -0.25) is 4.79 Å². The first-order valence-corrected chi connectivity index (χ1v) is 24.7. The number of carbonyl (C=O) groups excluding carboxylic acids is 1. The van der Waals surface area contributed by atoms with Crippen LogP contribution in [0.2, 0.25) is 0 Å². The highest BCUT2D eigenvalue weighted by atomic mass is 16.3. The van der Waals surface area contributed by atoms with Crippen LogP contribution in [-0.2, 0) is 4.79 Å². The molecule has 0 bridgehead atoms. The van der Waals surface area contributed by atoms with Gasteiger partial charge in [-0.25, -0.2) is 0 Å². The summed E-state index contributed by atoms with van der Waals surface area (Å²) in [6, 6.07) is -0.624. The van der Waals surface area contributed by atoms with Crippen LogP contribution in [0.4, 0.5) is 0 Å². The lowest BCUT2D eigenvalue weighted by Gasteiger charge is -2.20. The van der Waals surface area contributed by atoms with Crippen LogP contribution in [0.3, 0.4) is 0 Å². The predicted octanol–water partition coefficient (Wildman–Crippen LogP) is 15.7. The molecule has 4 nitrogen and oxygen atoms in total. The summed E-state index contributed by atoms with van der Waals surface area (Å²) >= 11 is 0. The van der Waals surface area contributed by atoms with Gasteiger partial charge < -0.3 is 15.5 Å². The molecule has 0 saturated carbocycles. The van der Waals surface area contributed by atoms with Gasteiger partial charge in [-0.05, 0) is 51.4 Å². The monoisotopic (exact) mass is 772 g/mol. The minimum Gasteiger partial charge on any atom is -0.394 e. The van der Waals surface area contributed by atoms with Crippen molar-refractivity contribution in [1.82, 2.24) is 5.32 Å². The van der Waals surface area contributed by atoms with Crippen molar-refractivity contribution in [1.29, 1.82) is 0 Å². The topological polar surface area (TPSA) is 69.6 Å². The third kappa shape index (κ3) is 43.6. The van der Waals surface area contributed by atoms with E-state index in [4.69, 9.17) is 0 Å². The van der Waals surface area contributed by atoms with Crippen molar-refractivity contribution in [2.45, 2.75) is 276 Å². The molecule has 0 aliphatic carbocycles. The van der Waals surface area contributed by atoms with Gasteiger partial charge in [0.2, 0.25) is 5.91 Å². The van der Waals surface area contributed by atoms with Crippen LogP contribution in [0, 0.1) is 0 Å². The number of carbonyl (C=O) groups is 1. The van der Waals surface area contributed by atoms with Gasteiger partial charge in [-0.2, -0.15) is 0 Å². The molecule has 2 unspecified atom stereocenters. The van der Waals surface area contributed by atoms with E-state index in [1.54, 1.807) is 6.08 Å². The average molecular weight is 772 g/mol. The highest BCUT2D eigenvalue weighted by Gasteiger charge is 2.18. The zero-order chi connectivity index (χ0) is 40.0. The number of aliphatic hydroxyl groups excluding tert-OH is 2. The molecule has 0 aliphatic heterocycles. The maximum atomic E-state index is 12.4. The molecular formula is C51H97NO3. The maximum Gasteiger partial charge on any atom is 0.220 e. The average Bonchev–Trinajstić information content (AvgIpc) is 3.19. The molecule has 0 fully saturated rings. The molecule has 0 aromatic carbocycles. The molecule has 0 aromatic heterocycles. The summed E-state index contributed by atoms with van der Waals surface area (Å²) in [6.07, 6.45) is 62.7. The van der Waals surface area contributed by atoms with Gasteiger partial charge in [0, 0.05) is 6.42 Å². The van der Waals surface area contributed by atoms with Gasteiger partial charge in [0.25, 0.3) is 0 Å². The Hall–Kier alpha value is -1.39. The number of unbranched alkanes of at least 4 members (excludes halogenated alkanes) is 34. The molecule has 0 heterocycles. The maximum absolute atomic E-state index is 12.4. The van der Waals surface area contributed by atoms with E-state index < -0.39 is 12.1 Å². The summed E-state index contributed by atoms with van der Waals surface area (Å²) in [5, 5.41) is 23.1. The quantitative estimate of drug-likeness (QED) is 0.0426. The number of hydrogen-bond donors (Lipinski definition) is 3. The lowest BCUT2D eigenvalue weighted by Crippen LogP contribution is -2.45. The van der Waals surface area contributed by atoms with E-state index in [-0.39, 0.29) is 12.5 Å². The summed E-state index contributed by atoms with van der Waals surface area (Å²) in [6.45, 7) is 4.32. The SMILES string of the molecule is CCCCCCC/C=C\C/C=C\CCCCCCCCCCCC(=O)NC(CO)C(O)/C=C/CCCCCCCCCCCCCCCCCCCCCC. The third-order valence-corrected chi connectivity index (χ3v) is 11.4. The van der Waals surface area contributed by atoms with Gasteiger partial charge in [0.15, 0.2) is 0 Å². The molecule has 0 rings (SSSR count). The minimum absolute atomic E-state index is 0.0662. The van der Waals surface area contributed by atoms with Gasteiger partial charge in [-0.1, -0.05) is 243 Å². The van der Waals surface area contributed by atoms with Crippen molar-refractivity contribution in [2.24, 2.45) is 0 Å². The number of amides is 1. The zero-order valence-corrected chi connectivity index (χ0v) is 37.2. The van der Waals surface area contributed by atoms with Crippen molar-refractivity contribution in [2.75, 3.05) is 6.61 Å². The number of hydrogen-bond acceptors (Lipinski definition) is 3. The molecule has 0 aliphatic rings. The summed E-state index contributed by atoms with van der Waals surface area (Å²) in [5.41, 5.74) is 0. The van der Waals surface area contributed by atoms with Gasteiger partial charge in [0.1, 0.15) is 0 Å². The second-order valence-electron chi connectivity index (χ2n) is 16.9. The lowest BCUT2D eigenvalue weighted by molar-refractivity contribution is -0.123. The van der Waals surface area contributed by atoms with E-state index in [1.807, 2.05) is 6.08 Å². The van der Waals surface area contributed by atoms with E-state index >= 15 is 0 Å². The Morgan fingerprint density at radius 3 is 1.09 bits per heavy atom. The Kier molecular flexibility index (Phi) is 45.8. The van der Waals surface area contributed by atoms with Gasteiger partial charge in [0.05, 0.1) is 18.8 Å². The summed E-state index contributed by atoms with van der Waals surface area (Å²) in [5.74, 6) is -0.0662. The smallest absolute Gasteiger partial charge is 0.220 e. The van der Waals surface area contributed by atoms with Crippen LogP contribution >= 0.6 is 0 Å². The van der Waals surface area contributed by atoms with E-state index in [0.717, 1.165) is 32.1 Å². The molecule has 4 heteroatoms. The first-order valence-electron chi connectivity index (χ1n) is 24.7. The summed E-state index contributed by atoms with van der Waals surface area (Å²) in [7, 11) is 0. The van der Waals surface area contributed by atoms with Crippen LogP contribution in [0.5, 0.6) is 0 Å². The zero-order valence-electron chi connectivity index (χ0n) is 37.2. The molecular weight excluding hydrogens is 675 g/mol.